The summed E-state index contributed by atoms with van der Waals surface area (Å²) in [6.07, 6.45) is 3.64. The summed E-state index contributed by atoms with van der Waals surface area (Å²) < 4.78 is 2.63. The van der Waals surface area contributed by atoms with Crippen LogP contribution in [0.15, 0.2) is 176 Å². The topological polar surface area (TPSA) is 38.7 Å². The highest BCUT2D eigenvalue weighted by molar-refractivity contribution is 7.26. The van der Waals surface area contributed by atoms with Gasteiger partial charge in [0.2, 0.25) is 0 Å². The van der Waals surface area contributed by atoms with Crippen molar-refractivity contribution in [2.75, 3.05) is 0 Å². The summed E-state index contributed by atoms with van der Waals surface area (Å²) in [5.41, 5.74) is 11.9. The number of nitrogens with zero attached hydrogens (tertiary/aromatic N) is 3. The summed E-state index contributed by atoms with van der Waals surface area (Å²) >= 11 is 1.86. The van der Waals surface area contributed by atoms with E-state index in [4.69, 9.17) is 9.97 Å². The summed E-state index contributed by atoms with van der Waals surface area (Å²) in [4.78, 5) is 14.4. The average Bonchev–Trinajstić information content (AvgIpc) is 3.58. The number of thiophene rings is 1. The quantitative estimate of drug-likeness (QED) is 0.181. The van der Waals surface area contributed by atoms with Gasteiger partial charge >= 0.3 is 0 Å². The van der Waals surface area contributed by atoms with Gasteiger partial charge in [0.05, 0.1) is 11.4 Å². The Balaban J connectivity index is 1.12. The molecule has 9 rings (SSSR count). The Labute approximate surface area is 288 Å². The molecule has 0 N–H and O–H groups in total. The van der Waals surface area contributed by atoms with Gasteiger partial charge < -0.3 is 0 Å². The Kier molecular flexibility index (Phi) is 7.34. The highest BCUT2D eigenvalue weighted by Gasteiger charge is 2.14. The van der Waals surface area contributed by atoms with Crippen molar-refractivity contribution in [1.82, 2.24) is 15.0 Å². The first kappa shape index (κ1) is 29.0. The van der Waals surface area contributed by atoms with E-state index in [1.54, 1.807) is 0 Å². The zero-order valence-corrected chi connectivity index (χ0v) is 27.3. The van der Waals surface area contributed by atoms with Crippen LogP contribution in [0.3, 0.4) is 0 Å². The monoisotopic (exact) mass is 643 g/mol. The van der Waals surface area contributed by atoms with Crippen LogP contribution < -0.4 is 0 Å². The van der Waals surface area contributed by atoms with Gasteiger partial charge in [0, 0.05) is 49.3 Å². The van der Waals surface area contributed by atoms with Crippen molar-refractivity contribution in [3.05, 3.63) is 176 Å². The number of hydrogen-bond acceptors (Lipinski definition) is 4. The van der Waals surface area contributed by atoms with Gasteiger partial charge in [0.1, 0.15) is 0 Å². The smallest absolute Gasteiger partial charge is 0.160 e. The van der Waals surface area contributed by atoms with Crippen molar-refractivity contribution < 1.29 is 0 Å². The first-order chi connectivity index (χ1) is 24.3. The van der Waals surface area contributed by atoms with E-state index >= 15 is 0 Å². The average molecular weight is 644 g/mol. The minimum atomic E-state index is 0.694. The molecule has 230 valence electrons. The van der Waals surface area contributed by atoms with Crippen LogP contribution in [-0.4, -0.2) is 15.0 Å². The number of rotatable bonds is 6. The van der Waals surface area contributed by atoms with Crippen LogP contribution >= 0.6 is 11.3 Å². The fourth-order valence-electron chi connectivity index (χ4n) is 6.49. The molecular weight excluding hydrogens is 615 g/mol. The highest BCUT2D eigenvalue weighted by Crippen LogP contribution is 2.40. The molecule has 0 saturated carbocycles. The number of hydrogen-bond donors (Lipinski definition) is 0. The van der Waals surface area contributed by atoms with Crippen molar-refractivity contribution >= 4 is 31.5 Å². The molecule has 0 saturated heterocycles. The maximum atomic E-state index is 5.13. The Bertz CT molecular complexity index is 2460. The maximum absolute atomic E-state index is 5.13. The van der Waals surface area contributed by atoms with Crippen LogP contribution in [0.25, 0.3) is 87.5 Å². The second-order valence-electron chi connectivity index (χ2n) is 12.1. The molecule has 0 aliphatic rings. The lowest BCUT2D eigenvalue weighted by atomic mass is 9.99. The minimum absolute atomic E-state index is 0.694. The summed E-state index contributed by atoms with van der Waals surface area (Å²) in [6.45, 7) is 0. The van der Waals surface area contributed by atoms with Crippen molar-refractivity contribution in [2.24, 2.45) is 0 Å². The lowest BCUT2D eigenvalue weighted by Gasteiger charge is -2.11. The molecule has 0 aliphatic heterocycles. The Morgan fingerprint density at radius 1 is 0.367 bits per heavy atom. The lowest BCUT2D eigenvalue weighted by molar-refractivity contribution is 1.18. The van der Waals surface area contributed by atoms with E-state index in [0.29, 0.717) is 5.82 Å². The normalized spacial score (nSPS) is 11.3. The largest absolute Gasteiger partial charge is 0.265 e. The van der Waals surface area contributed by atoms with E-state index in [2.05, 4.69) is 151 Å². The molecule has 0 atom stereocenters. The summed E-state index contributed by atoms with van der Waals surface area (Å²) in [7, 11) is 0. The van der Waals surface area contributed by atoms with Gasteiger partial charge in [-0.15, -0.1) is 11.3 Å². The summed E-state index contributed by atoms with van der Waals surface area (Å²) in [5, 5.41) is 2.62. The van der Waals surface area contributed by atoms with Gasteiger partial charge in [-0.05, 0) is 57.6 Å². The molecular formula is C45H29N3S. The minimum Gasteiger partial charge on any atom is -0.265 e. The fourth-order valence-corrected chi connectivity index (χ4v) is 7.73. The summed E-state index contributed by atoms with van der Waals surface area (Å²) in [6, 6.07) is 57.8. The second kappa shape index (κ2) is 12.4. The SMILES string of the molecule is c1ccc(-c2ccc(-c3cc(-c4ccc(-c5cccc6c5sc5ccccc56)cc4)nc(-c4ccc(-c5ccncc5)cc4)n3)cc2)cc1. The third-order valence-corrected chi connectivity index (χ3v) is 10.3. The van der Waals surface area contributed by atoms with E-state index in [0.717, 1.165) is 39.2 Å². The molecule has 49 heavy (non-hydrogen) atoms. The van der Waals surface area contributed by atoms with E-state index in [-0.39, 0.29) is 0 Å². The van der Waals surface area contributed by atoms with Gasteiger partial charge in [-0.2, -0.15) is 0 Å². The first-order valence-electron chi connectivity index (χ1n) is 16.3. The van der Waals surface area contributed by atoms with Gasteiger partial charge in [0.15, 0.2) is 5.82 Å². The predicted octanol–water partition coefficient (Wildman–Crippen LogP) is 12.2. The number of pyridine rings is 1. The van der Waals surface area contributed by atoms with Crippen molar-refractivity contribution in [3.63, 3.8) is 0 Å². The Morgan fingerprint density at radius 2 is 0.878 bits per heavy atom. The van der Waals surface area contributed by atoms with Crippen LogP contribution in [0.4, 0.5) is 0 Å². The molecule has 3 nitrogen and oxygen atoms in total. The third-order valence-electron chi connectivity index (χ3n) is 9.07. The molecule has 3 aromatic heterocycles. The Hall–Kier alpha value is -6.23. The Morgan fingerprint density at radius 3 is 1.55 bits per heavy atom. The van der Waals surface area contributed by atoms with Gasteiger partial charge in [-0.3, -0.25) is 4.98 Å². The molecule has 0 fully saturated rings. The number of fused-ring (bicyclic) bond motifs is 3. The van der Waals surface area contributed by atoms with Crippen LogP contribution in [-0.2, 0) is 0 Å². The first-order valence-corrected chi connectivity index (χ1v) is 17.2. The van der Waals surface area contributed by atoms with E-state index in [1.165, 1.54) is 42.4 Å². The number of aromatic nitrogens is 3. The van der Waals surface area contributed by atoms with Gasteiger partial charge in [-0.1, -0.05) is 140 Å². The molecule has 6 aromatic carbocycles. The van der Waals surface area contributed by atoms with E-state index in [1.807, 2.05) is 41.9 Å². The van der Waals surface area contributed by atoms with Crippen LogP contribution in [0.1, 0.15) is 0 Å². The zero-order chi connectivity index (χ0) is 32.6. The van der Waals surface area contributed by atoms with Crippen LogP contribution in [0.2, 0.25) is 0 Å². The molecule has 0 aliphatic carbocycles. The second-order valence-corrected chi connectivity index (χ2v) is 13.1. The van der Waals surface area contributed by atoms with Crippen LogP contribution in [0, 0.1) is 0 Å². The van der Waals surface area contributed by atoms with Crippen molar-refractivity contribution in [2.45, 2.75) is 0 Å². The standard InChI is InChI=1S/C45H29N3S/c1-2-7-30(8-3-1)31-13-19-35(20-14-31)41-29-42(48-45(47-41)37-23-15-32(16-24-37)33-25-27-46-28-26-33)36-21-17-34(18-22-36)38-10-6-11-40-39-9-4-5-12-43(39)49-44(38)40/h1-29H. The van der Waals surface area contributed by atoms with Gasteiger partial charge in [-0.25, -0.2) is 9.97 Å². The van der Waals surface area contributed by atoms with Crippen molar-refractivity contribution in [3.8, 4) is 67.3 Å². The zero-order valence-electron chi connectivity index (χ0n) is 26.5. The maximum Gasteiger partial charge on any atom is 0.160 e. The van der Waals surface area contributed by atoms with E-state index in [9.17, 15) is 0 Å². The molecule has 0 radical (unpaired) electrons. The molecule has 3 heterocycles. The lowest BCUT2D eigenvalue weighted by Crippen LogP contribution is -1.96. The molecule has 0 spiro atoms. The van der Waals surface area contributed by atoms with E-state index < -0.39 is 0 Å². The third kappa shape index (κ3) is 5.58. The van der Waals surface area contributed by atoms with Crippen molar-refractivity contribution in [1.29, 1.82) is 0 Å². The molecule has 9 aromatic rings. The molecule has 4 heteroatoms. The fraction of sp³-hybridized carbons (Fsp3) is 0. The molecule has 0 bridgehead atoms. The summed E-state index contributed by atoms with van der Waals surface area (Å²) in [5.74, 6) is 0.694. The highest BCUT2D eigenvalue weighted by atomic mass is 32.1. The molecule has 0 unspecified atom stereocenters. The van der Waals surface area contributed by atoms with Crippen LogP contribution in [0.5, 0.6) is 0 Å². The number of benzene rings is 6. The molecule has 0 amide bonds. The van der Waals surface area contributed by atoms with Gasteiger partial charge in [0.25, 0.3) is 0 Å². The predicted molar refractivity (Wildman–Crippen MR) is 205 cm³/mol.